The van der Waals surface area contributed by atoms with E-state index in [1.807, 2.05) is 9.80 Å². The van der Waals surface area contributed by atoms with Gasteiger partial charge in [0, 0.05) is 44.3 Å². The van der Waals surface area contributed by atoms with Crippen molar-refractivity contribution >= 4 is 33.5 Å². The highest BCUT2D eigenvalue weighted by molar-refractivity contribution is 7.89. The van der Waals surface area contributed by atoms with Crippen LogP contribution in [0.4, 0.5) is 16.0 Å². The Bertz CT molecular complexity index is 1350. The Hall–Kier alpha value is -4.10. The Kier molecular flexibility index (Phi) is 7.94. The van der Waals surface area contributed by atoms with Gasteiger partial charge in [0.2, 0.25) is 16.0 Å². The van der Waals surface area contributed by atoms with Gasteiger partial charge in [0.25, 0.3) is 5.91 Å². The van der Waals surface area contributed by atoms with Crippen molar-refractivity contribution < 1.29 is 27.5 Å². The number of carbonyl (C=O) groups is 2. The van der Waals surface area contributed by atoms with Crippen molar-refractivity contribution in [3.63, 3.8) is 0 Å². The standard InChI is InChI=1S/C24H25FN6O5S/c25-20-15-17(30-11-13-31(14-12-30)24-26-9-4-10-27-24)7-8-19(20)23(34)28-21(16-22(32)33)29-37(35,36)18-5-2-1-3-6-18/h1-10,15,21,29H,11-14,16H2,(H,28,34)(H,32,33). The van der Waals surface area contributed by atoms with Crippen LogP contribution in [0, 0.1) is 5.82 Å². The topological polar surface area (TPSA) is 145 Å². The summed E-state index contributed by atoms with van der Waals surface area (Å²) in [6.45, 7) is 2.44. The summed E-state index contributed by atoms with van der Waals surface area (Å²) in [6, 6.07) is 13.1. The van der Waals surface area contributed by atoms with Crippen LogP contribution in [0.25, 0.3) is 0 Å². The van der Waals surface area contributed by atoms with Crippen molar-refractivity contribution in [3.8, 4) is 0 Å². The van der Waals surface area contributed by atoms with E-state index in [0.29, 0.717) is 37.8 Å². The fourth-order valence-electron chi connectivity index (χ4n) is 3.89. The minimum absolute atomic E-state index is 0.103. The molecule has 1 fully saturated rings. The van der Waals surface area contributed by atoms with E-state index >= 15 is 0 Å². The molecule has 0 spiro atoms. The molecule has 11 nitrogen and oxygen atoms in total. The van der Waals surface area contributed by atoms with Crippen molar-refractivity contribution in [2.24, 2.45) is 0 Å². The Labute approximate surface area is 213 Å². The van der Waals surface area contributed by atoms with Gasteiger partial charge in [0.05, 0.1) is 16.9 Å². The predicted octanol–water partition coefficient (Wildman–Crippen LogP) is 1.45. The smallest absolute Gasteiger partial charge is 0.306 e. The summed E-state index contributed by atoms with van der Waals surface area (Å²) in [6.07, 6.45) is 1.10. The molecule has 1 atom stereocenters. The number of hydrogen-bond acceptors (Lipinski definition) is 8. The lowest BCUT2D eigenvalue weighted by molar-refractivity contribution is -0.137. The lowest BCUT2D eigenvalue weighted by Crippen LogP contribution is -2.49. The van der Waals surface area contributed by atoms with Crippen LogP contribution in [-0.2, 0) is 14.8 Å². The number of benzene rings is 2. The molecule has 0 aliphatic carbocycles. The Morgan fingerprint density at radius 1 is 0.973 bits per heavy atom. The number of aliphatic carboxylic acids is 1. The van der Waals surface area contributed by atoms with Crippen LogP contribution < -0.4 is 19.8 Å². The molecule has 0 bridgehead atoms. The first-order chi connectivity index (χ1) is 17.7. The Balaban J connectivity index is 1.42. The third-order valence-corrected chi connectivity index (χ3v) is 7.20. The second kappa shape index (κ2) is 11.3. The maximum atomic E-state index is 14.9. The van der Waals surface area contributed by atoms with E-state index in [2.05, 4.69) is 20.0 Å². The average Bonchev–Trinajstić information content (AvgIpc) is 2.89. The number of carboxylic acids is 1. The van der Waals surface area contributed by atoms with Crippen molar-refractivity contribution in [2.45, 2.75) is 17.5 Å². The number of carboxylic acid groups (broad SMARTS) is 1. The molecule has 2 heterocycles. The molecule has 194 valence electrons. The second-order valence-corrected chi connectivity index (χ2v) is 9.96. The highest BCUT2D eigenvalue weighted by Gasteiger charge is 2.26. The number of carbonyl (C=O) groups excluding carboxylic acids is 1. The van der Waals surface area contributed by atoms with Crippen LogP contribution in [0.1, 0.15) is 16.8 Å². The van der Waals surface area contributed by atoms with Gasteiger partial charge in [-0.05, 0) is 36.4 Å². The van der Waals surface area contributed by atoms with Crippen molar-refractivity contribution in [1.29, 1.82) is 0 Å². The number of rotatable bonds is 9. The lowest BCUT2D eigenvalue weighted by atomic mass is 10.1. The summed E-state index contributed by atoms with van der Waals surface area (Å²) in [5, 5.41) is 11.5. The number of halogens is 1. The van der Waals surface area contributed by atoms with E-state index < -0.39 is 40.3 Å². The number of aromatic nitrogens is 2. The van der Waals surface area contributed by atoms with Crippen LogP contribution in [0.15, 0.2) is 71.9 Å². The SMILES string of the molecule is O=C(O)CC(NC(=O)c1ccc(N2CCN(c3ncccn3)CC2)cc1F)NS(=O)(=O)c1ccccc1. The molecule has 13 heteroatoms. The van der Waals surface area contributed by atoms with Crippen molar-refractivity contribution in [2.75, 3.05) is 36.0 Å². The maximum Gasteiger partial charge on any atom is 0.306 e. The summed E-state index contributed by atoms with van der Waals surface area (Å²) >= 11 is 0. The van der Waals surface area contributed by atoms with E-state index in [9.17, 15) is 27.5 Å². The van der Waals surface area contributed by atoms with E-state index in [4.69, 9.17) is 0 Å². The number of nitrogens with zero attached hydrogens (tertiary/aromatic N) is 4. The maximum absolute atomic E-state index is 14.9. The van der Waals surface area contributed by atoms with E-state index in [1.165, 1.54) is 36.4 Å². The van der Waals surface area contributed by atoms with Gasteiger partial charge in [-0.2, -0.15) is 4.72 Å². The normalized spacial score (nSPS) is 14.7. The van der Waals surface area contributed by atoms with E-state index in [-0.39, 0.29) is 10.5 Å². The first kappa shape index (κ1) is 26.0. The molecule has 1 unspecified atom stereocenters. The Morgan fingerprint density at radius 3 is 2.24 bits per heavy atom. The minimum atomic E-state index is -4.13. The molecule has 0 saturated carbocycles. The molecule has 1 aromatic heterocycles. The molecule has 0 radical (unpaired) electrons. The summed E-state index contributed by atoms with van der Waals surface area (Å²) in [5.41, 5.74) is 0.240. The van der Waals surface area contributed by atoms with Gasteiger partial charge in [0.1, 0.15) is 12.0 Å². The molecule has 3 aromatic rings. The monoisotopic (exact) mass is 528 g/mol. The third-order valence-electron chi connectivity index (χ3n) is 5.71. The van der Waals surface area contributed by atoms with Crippen LogP contribution in [0.3, 0.4) is 0 Å². The quantitative estimate of drug-likeness (QED) is 0.351. The zero-order valence-electron chi connectivity index (χ0n) is 19.6. The zero-order valence-corrected chi connectivity index (χ0v) is 20.4. The Morgan fingerprint density at radius 2 is 1.62 bits per heavy atom. The molecular weight excluding hydrogens is 503 g/mol. The molecule has 1 aliphatic rings. The second-order valence-electron chi connectivity index (χ2n) is 8.25. The van der Waals surface area contributed by atoms with Gasteiger partial charge in [-0.3, -0.25) is 9.59 Å². The summed E-state index contributed by atoms with van der Waals surface area (Å²) < 4.78 is 42.3. The fourth-order valence-corrected chi connectivity index (χ4v) is 5.06. The number of piperazine rings is 1. The predicted molar refractivity (Wildman–Crippen MR) is 133 cm³/mol. The van der Waals surface area contributed by atoms with Crippen molar-refractivity contribution in [3.05, 3.63) is 78.4 Å². The summed E-state index contributed by atoms with van der Waals surface area (Å²) in [4.78, 5) is 36.4. The van der Waals surface area contributed by atoms with Crippen LogP contribution in [-0.4, -0.2) is 67.7 Å². The molecule has 4 rings (SSSR count). The number of nitrogens with one attached hydrogen (secondary N) is 2. The lowest BCUT2D eigenvalue weighted by Gasteiger charge is -2.36. The third kappa shape index (κ3) is 6.57. The van der Waals surface area contributed by atoms with Crippen molar-refractivity contribution in [1.82, 2.24) is 20.0 Å². The van der Waals surface area contributed by atoms with Crippen LogP contribution >= 0.6 is 0 Å². The van der Waals surface area contributed by atoms with Gasteiger partial charge < -0.3 is 20.2 Å². The molecule has 1 saturated heterocycles. The number of hydrogen-bond donors (Lipinski definition) is 3. The minimum Gasteiger partial charge on any atom is -0.481 e. The number of sulfonamides is 1. The van der Waals surface area contributed by atoms with E-state index in [1.54, 1.807) is 30.6 Å². The van der Waals surface area contributed by atoms with Gasteiger partial charge in [0.15, 0.2) is 0 Å². The van der Waals surface area contributed by atoms with Gasteiger partial charge in [-0.1, -0.05) is 18.2 Å². The number of anilines is 2. The van der Waals surface area contributed by atoms with Gasteiger partial charge in [-0.25, -0.2) is 22.8 Å². The molecule has 1 aliphatic heterocycles. The fraction of sp³-hybridized carbons (Fsp3) is 0.250. The molecule has 3 N–H and O–H groups in total. The van der Waals surface area contributed by atoms with Gasteiger partial charge >= 0.3 is 5.97 Å². The first-order valence-electron chi connectivity index (χ1n) is 11.4. The molecule has 2 aromatic carbocycles. The highest BCUT2D eigenvalue weighted by Crippen LogP contribution is 2.21. The summed E-state index contributed by atoms with van der Waals surface area (Å²) in [5.74, 6) is -2.49. The largest absolute Gasteiger partial charge is 0.481 e. The number of amides is 1. The zero-order chi connectivity index (χ0) is 26.4. The van der Waals surface area contributed by atoms with Gasteiger partial charge in [-0.15, -0.1) is 0 Å². The molecule has 37 heavy (non-hydrogen) atoms. The van der Waals surface area contributed by atoms with E-state index in [0.717, 1.165) is 0 Å². The van der Waals surface area contributed by atoms with Crippen LogP contribution in [0.2, 0.25) is 0 Å². The highest BCUT2D eigenvalue weighted by atomic mass is 32.2. The van der Waals surface area contributed by atoms with Crippen LogP contribution in [0.5, 0.6) is 0 Å². The average molecular weight is 529 g/mol. The summed E-state index contributed by atoms with van der Waals surface area (Å²) in [7, 11) is -4.13. The first-order valence-corrected chi connectivity index (χ1v) is 12.9. The molecular formula is C24H25FN6O5S. The molecule has 1 amide bonds.